The summed E-state index contributed by atoms with van der Waals surface area (Å²) in [7, 11) is 1.64. The molecule has 0 saturated carbocycles. The molecular weight excluding hydrogens is 320 g/mol. The first-order chi connectivity index (χ1) is 12.2. The van der Waals surface area contributed by atoms with Crippen molar-refractivity contribution >= 4 is 11.8 Å². The van der Waals surface area contributed by atoms with Crippen LogP contribution in [0.3, 0.4) is 0 Å². The Bertz CT molecular complexity index is 610. The van der Waals surface area contributed by atoms with Crippen LogP contribution in [-0.2, 0) is 20.7 Å². The van der Waals surface area contributed by atoms with Crippen LogP contribution in [0.5, 0.6) is 0 Å². The monoisotopic (exact) mass is 346 g/mol. The summed E-state index contributed by atoms with van der Waals surface area (Å²) >= 11 is 0. The molecule has 1 aromatic heterocycles. The van der Waals surface area contributed by atoms with E-state index >= 15 is 0 Å². The van der Waals surface area contributed by atoms with Crippen molar-refractivity contribution in [2.24, 2.45) is 0 Å². The predicted octanol–water partition coefficient (Wildman–Crippen LogP) is 1.04. The third kappa shape index (κ3) is 3.66. The molecule has 2 aliphatic rings. The second-order valence-corrected chi connectivity index (χ2v) is 6.77. The van der Waals surface area contributed by atoms with E-state index in [-0.39, 0.29) is 11.8 Å². The number of hydrogen-bond donors (Lipinski definition) is 0. The van der Waals surface area contributed by atoms with Crippen LogP contribution in [0.4, 0.5) is 0 Å². The number of carbonyl (C=O) groups is 2. The number of likely N-dealkylation sites (tertiary alicyclic amines) is 2. The van der Waals surface area contributed by atoms with Crippen molar-refractivity contribution in [3.8, 4) is 0 Å². The van der Waals surface area contributed by atoms with Crippen molar-refractivity contribution < 1.29 is 14.3 Å². The van der Waals surface area contributed by atoms with Gasteiger partial charge < -0.3 is 14.5 Å². The number of ether oxygens (including phenoxy) is 1. The minimum absolute atomic E-state index is 0.0464. The molecule has 0 aliphatic carbocycles. The largest absolute Gasteiger partial charge is 0.383 e. The van der Waals surface area contributed by atoms with Gasteiger partial charge in [-0.3, -0.25) is 19.6 Å². The highest BCUT2D eigenvalue weighted by atomic mass is 16.5. The first-order valence-electron chi connectivity index (χ1n) is 9.01. The van der Waals surface area contributed by atoms with E-state index in [1.165, 1.54) is 0 Å². The summed E-state index contributed by atoms with van der Waals surface area (Å²) in [5.41, 5.74) is 0.173. The summed E-state index contributed by atoms with van der Waals surface area (Å²) in [6.07, 6.45) is 9.23. The minimum atomic E-state index is -0.633. The number of amides is 2. The molecule has 7 nitrogen and oxygen atoms in total. The van der Waals surface area contributed by atoms with Gasteiger partial charge in [0.1, 0.15) is 5.54 Å². The molecule has 2 fully saturated rings. The molecule has 2 aliphatic heterocycles. The fourth-order valence-electron chi connectivity index (χ4n) is 4.03. The first kappa shape index (κ1) is 17.8. The standard InChI is InChI=1S/C18H26N4O3/c1-25-13-12-21-10-2-6-18(17(21)24)7-3-11-22(18)16(23)5-4-15-14-19-8-9-20-15/h8-9,14H,2-7,10-13H2,1H3. The average molecular weight is 346 g/mol. The minimum Gasteiger partial charge on any atom is -0.383 e. The fraction of sp³-hybridized carbons (Fsp3) is 0.667. The van der Waals surface area contributed by atoms with E-state index in [9.17, 15) is 9.59 Å². The maximum atomic E-state index is 13.1. The number of carbonyl (C=O) groups excluding carboxylic acids is 2. The lowest BCUT2D eigenvalue weighted by molar-refractivity contribution is -0.155. The smallest absolute Gasteiger partial charge is 0.248 e. The lowest BCUT2D eigenvalue weighted by Gasteiger charge is -2.44. The Hall–Kier alpha value is -2.02. The first-order valence-corrected chi connectivity index (χ1v) is 9.01. The van der Waals surface area contributed by atoms with Crippen molar-refractivity contribution in [1.82, 2.24) is 19.8 Å². The van der Waals surface area contributed by atoms with Crippen LogP contribution in [0.1, 0.15) is 37.8 Å². The number of aromatic nitrogens is 2. The lowest BCUT2D eigenvalue weighted by Crippen LogP contribution is -2.61. The second-order valence-electron chi connectivity index (χ2n) is 6.77. The number of piperidine rings is 1. The Balaban J connectivity index is 1.68. The summed E-state index contributed by atoms with van der Waals surface area (Å²) in [6.45, 7) is 2.55. The van der Waals surface area contributed by atoms with Crippen LogP contribution in [0, 0.1) is 0 Å². The molecule has 1 atom stereocenters. The predicted molar refractivity (Wildman–Crippen MR) is 91.7 cm³/mol. The van der Waals surface area contributed by atoms with Crippen molar-refractivity contribution in [2.75, 3.05) is 33.4 Å². The van der Waals surface area contributed by atoms with Crippen molar-refractivity contribution in [3.05, 3.63) is 24.3 Å². The molecule has 0 aromatic carbocycles. The van der Waals surface area contributed by atoms with Crippen molar-refractivity contribution in [1.29, 1.82) is 0 Å². The van der Waals surface area contributed by atoms with E-state index in [0.29, 0.717) is 32.5 Å². The zero-order chi connectivity index (χ0) is 17.7. The Morgan fingerprint density at radius 2 is 2.08 bits per heavy atom. The molecular formula is C18H26N4O3. The zero-order valence-electron chi connectivity index (χ0n) is 14.8. The van der Waals surface area contributed by atoms with Crippen LogP contribution >= 0.6 is 0 Å². The van der Waals surface area contributed by atoms with Gasteiger partial charge in [-0.2, -0.15) is 0 Å². The molecule has 3 heterocycles. The highest BCUT2D eigenvalue weighted by Crippen LogP contribution is 2.38. The maximum absolute atomic E-state index is 13.1. The van der Waals surface area contributed by atoms with Gasteiger partial charge >= 0.3 is 0 Å². The number of rotatable bonds is 6. The Kier molecular flexibility index (Phi) is 5.63. The SMILES string of the molecule is COCCN1CCCC2(CCCN2C(=O)CCc2cnccn2)C1=O. The van der Waals surface area contributed by atoms with Gasteiger partial charge in [0.2, 0.25) is 11.8 Å². The average Bonchev–Trinajstić information content (AvgIpc) is 3.06. The molecule has 1 spiro atoms. The van der Waals surface area contributed by atoms with E-state index in [1.807, 2.05) is 9.80 Å². The molecule has 1 aromatic rings. The van der Waals surface area contributed by atoms with Gasteiger partial charge in [-0.1, -0.05) is 0 Å². The highest BCUT2D eigenvalue weighted by molar-refractivity contribution is 5.92. The Labute approximate surface area is 148 Å². The molecule has 1 unspecified atom stereocenters. The Morgan fingerprint density at radius 3 is 2.80 bits per heavy atom. The van der Waals surface area contributed by atoms with Crippen LogP contribution in [0.25, 0.3) is 0 Å². The number of hydrogen-bond acceptors (Lipinski definition) is 5. The molecule has 2 saturated heterocycles. The van der Waals surface area contributed by atoms with Gasteiger partial charge in [0, 0.05) is 51.8 Å². The lowest BCUT2D eigenvalue weighted by atomic mass is 9.85. The zero-order valence-corrected chi connectivity index (χ0v) is 14.8. The third-order valence-electron chi connectivity index (χ3n) is 5.27. The summed E-state index contributed by atoms with van der Waals surface area (Å²) < 4.78 is 5.12. The maximum Gasteiger partial charge on any atom is 0.248 e. The van der Waals surface area contributed by atoms with E-state index in [0.717, 1.165) is 37.9 Å². The van der Waals surface area contributed by atoms with Crippen LogP contribution in [0.15, 0.2) is 18.6 Å². The van der Waals surface area contributed by atoms with Gasteiger partial charge in [-0.15, -0.1) is 0 Å². The molecule has 0 radical (unpaired) electrons. The van der Waals surface area contributed by atoms with Gasteiger partial charge in [0.05, 0.1) is 12.3 Å². The molecule has 7 heteroatoms. The van der Waals surface area contributed by atoms with E-state index in [1.54, 1.807) is 25.7 Å². The molecule has 0 N–H and O–H groups in total. The molecule has 136 valence electrons. The molecule has 3 rings (SSSR count). The normalized spacial score (nSPS) is 23.5. The number of aryl methyl sites for hydroxylation is 1. The summed E-state index contributed by atoms with van der Waals surface area (Å²) in [4.78, 5) is 37.9. The topological polar surface area (TPSA) is 75.6 Å². The quantitative estimate of drug-likeness (QED) is 0.769. The van der Waals surface area contributed by atoms with Crippen molar-refractivity contribution in [2.45, 2.75) is 44.1 Å². The van der Waals surface area contributed by atoms with E-state index < -0.39 is 5.54 Å². The number of nitrogens with zero attached hydrogens (tertiary/aromatic N) is 4. The van der Waals surface area contributed by atoms with Crippen LogP contribution in [0.2, 0.25) is 0 Å². The number of methoxy groups -OCH3 is 1. The summed E-state index contributed by atoms with van der Waals surface area (Å²) in [5.74, 6) is 0.145. The molecule has 25 heavy (non-hydrogen) atoms. The molecule has 2 amide bonds. The highest BCUT2D eigenvalue weighted by Gasteiger charge is 2.52. The van der Waals surface area contributed by atoms with E-state index in [2.05, 4.69) is 9.97 Å². The van der Waals surface area contributed by atoms with Crippen LogP contribution < -0.4 is 0 Å². The van der Waals surface area contributed by atoms with Crippen molar-refractivity contribution in [3.63, 3.8) is 0 Å². The van der Waals surface area contributed by atoms with Gasteiger partial charge in [-0.05, 0) is 32.1 Å². The summed E-state index contributed by atoms with van der Waals surface area (Å²) in [6, 6.07) is 0. The second kappa shape index (κ2) is 7.91. The van der Waals surface area contributed by atoms with E-state index in [4.69, 9.17) is 4.74 Å². The Morgan fingerprint density at radius 1 is 1.28 bits per heavy atom. The van der Waals surface area contributed by atoms with Gasteiger partial charge in [-0.25, -0.2) is 0 Å². The fourth-order valence-corrected chi connectivity index (χ4v) is 4.03. The van der Waals surface area contributed by atoms with Gasteiger partial charge in [0.25, 0.3) is 0 Å². The van der Waals surface area contributed by atoms with Crippen LogP contribution in [-0.4, -0.2) is 70.5 Å². The molecule has 0 bridgehead atoms. The summed E-state index contributed by atoms with van der Waals surface area (Å²) in [5, 5.41) is 0. The third-order valence-corrected chi connectivity index (χ3v) is 5.27. The van der Waals surface area contributed by atoms with Gasteiger partial charge in [0.15, 0.2) is 0 Å².